The fourth-order valence-corrected chi connectivity index (χ4v) is 1.87. The van der Waals surface area contributed by atoms with Gasteiger partial charge in [-0.3, -0.25) is 4.79 Å². The molecule has 1 aromatic heterocycles. The third-order valence-corrected chi connectivity index (χ3v) is 3.13. The minimum Gasteiger partial charge on any atom is -0.390 e. The molecule has 1 heterocycles. The Bertz CT molecular complexity index is 629. The van der Waals surface area contributed by atoms with E-state index >= 15 is 0 Å². The van der Waals surface area contributed by atoms with Crippen molar-refractivity contribution in [3.8, 4) is 11.4 Å². The number of carbonyl (C=O) groups excluding carboxylic acids is 1. The summed E-state index contributed by atoms with van der Waals surface area (Å²) in [6.45, 7) is 5.38. The number of aromatic nitrogens is 2. The fraction of sp³-hybridized carbons (Fsp3) is 0.400. The summed E-state index contributed by atoms with van der Waals surface area (Å²) in [5, 5.41) is 16.3. The van der Waals surface area contributed by atoms with E-state index in [1.54, 1.807) is 19.9 Å². The lowest BCUT2D eigenvalue weighted by molar-refractivity contribution is -0.105. The molecule has 2 N–H and O–H groups in total. The van der Waals surface area contributed by atoms with Crippen LogP contribution in [0.2, 0.25) is 0 Å². The summed E-state index contributed by atoms with van der Waals surface area (Å²) >= 11 is 0. The molecule has 1 amide bonds. The van der Waals surface area contributed by atoms with Crippen LogP contribution in [0.5, 0.6) is 0 Å². The van der Waals surface area contributed by atoms with Gasteiger partial charge in [0.25, 0.3) is 0 Å². The van der Waals surface area contributed by atoms with Gasteiger partial charge >= 0.3 is 0 Å². The quantitative estimate of drug-likeness (QED) is 0.797. The van der Waals surface area contributed by atoms with Crippen LogP contribution < -0.4 is 5.32 Å². The van der Waals surface area contributed by atoms with Gasteiger partial charge in [-0.1, -0.05) is 17.3 Å². The molecule has 112 valence electrons. The second-order valence-electron chi connectivity index (χ2n) is 5.62. The highest BCUT2D eigenvalue weighted by Crippen LogP contribution is 2.23. The van der Waals surface area contributed by atoms with Crippen LogP contribution in [0.3, 0.4) is 0 Å². The number of benzene rings is 1. The Morgan fingerprint density at radius 1 is 1.43 bits per heavy atom. The second kappa shape index (κ2) is 6.05. The number of hydrogen-bond acceptors (Lipinski definition) is 5. The number of aryl methyl sites for hydroxylation is 2. The van der Waals surface area contributed by atoms with Gasteiger partial charge in [0.05, 0.1) is 5.60 Å². The van der Waals surface area contributed by atoms with E-state index in [4.69, 9.17) is 4.52 Å². The van der Waals surface area contributed by atoms with Gasteiger partial charge in [-0.2, -0.15) is 4.98 Å². The molecule has 0 aliphatic carbocycles. The number of rotatable bonds is 6. The van der Waals surface area contributed by atoms with Gasteiger partial charge in [0.2, 0.25) is 18.1 Å². The van der Waals surface area contributed by atoms with Crippen LogP contribution in [-0.4, -0.2) is 27.3 Å². The van der Waals surface area contributed by atoms with E-state index in [2.05, 4.69) is 15.5 Å². The summed E-state index contributed by atoms with van der Waals surface area (Å²) in [4.78, 5) is 14.9. The van der Waals surface area contributed by atoms with E-state index in [9.17, 15) is 9.90 Å². The number of aliphatic hydroxyl groups is 1. The van der Waals surface area contributed by atoms with Crippen molar-refractivity contribution in [3.05, 3.63) is 29.7 Å². The van der Waals surface area contributed by atoms with Gasteiger partial charge in [0.1, 0.15) is 0 Å². The van der Waals surface area contributed by atoms with Gasteiger partial charge in [-0.25, -0.2) is 0 Å². The molecule has 0 radical (unpaired) electrons. The number of amides is 1. The number of carbonyl (C=O) groups is 1. The van der Waals surface area contributed by atoms with Crippen LogP contribution in [-0.2, 0) is 11.2 Å². The Morgan fingerprint density at radius 2 is 2.19 bits per heavy atom. The van der Waals surface area contributed by atoms with Crippen LogP contribution >= 0.6 is 0 Å². The van der Waals surface area contributed by atoms with Crippen molar-refractivity contribution in [1.82, 2.24) is 10.1 Å². The summed E-state index contributed by atoms with van der Waals surface area (Å²) in [6, 6.07) is 5.55. The van der Waals surface area contributed by atoms with E-state index in [-0.39, 0.29) is 0 Å². The molecular formula is C15H19N3O3. The largest absolute Gasteiger partial charge is 0.390 e. The summed E-state index contributed by atoms with van der Waals surface area (Å²) in [7, 11) is 0. The SMILES string of the molecule is Cc1ccc(-c2noc(CCC(C)(C)O)n2)cc1NC=O. The minimum absolute atomic E-state index is 0.467. The molecule has 0 aliphatic rings. The summed E-state index contributed by atoms with van der Waals surface area (Å²) < 4.78 is 5.18. The maximum absolute atomic E-state index is 10.6. The normalized spacial score (nSPS) is 11.4. The van der Waals surface area contributed by atoms with Gasteiger partial charge in [-0.05, 0) is 38.8 Å². The average Bonchev–Trinajstić information content (AvgIpc) is 2.87. The van der Waals surface area contributed by atoms with Crippen molar-refractivity contribution in [2.75, 3.05) is 5.32 Å². The Labute approximate surface area is 123 Å². The standard InChI is InChI=1S/C15H19N3O3/c1-10-4-5-11(8-12(10)16-9-19)14-17-13(21-18-14)6-7-15(2,3)20/h4-5,8-9,20H,6-7H2,1-3H3,(H,16,19). The van der Waals surface area contributed by atoms with Gasteiger partial charge < -0.3 is 14.9 Å². The van der Waals surface area contributed by atoms with Gasteiger partial charge in [0, 0.05) is 17.7 Å². The Kier molecular flexibility index (Phi) is 4.37. The van der Waals surface area contributed by atoms with Crippen LogP contribution in [0.4, 0.5) is 5.69 Å². The zero-order chi connectivity index (χ0) is 15.5. The van der Waals surface area contributed by atoms with Crippen LogP contribution in [0.25, 0.3) is 11.4 Å². The molecule has 0 unspecified atom stereocenters. The average molecular weight is 289 g/mol. The number of nitrogens with one attached hydrogen (secondary N) is 1. The first-order valence-corrected chi connectivity index (χ1v) is 6.75. The maximum atomic E-state index is 10.6. The Balaban J connectivity index is 2.17. The molecule has 6 heteroatoms. The molecular weight excluding hydrogens is 270 g/mol. The van der Waals surface area contributed by atoms with Gasteiger partial charge in [-0.15, -0.1) is 0 Å². The molecule has 0 bridgehead atoms. The smallest absolute Gasteiger partial charge is 0.227 e. The molecule has 0 atom stereocenters. The number of hydrogen-bond donors (Lipinski definition) is 2. The van der Waals surface area contributed by atoms with E-state index in [0.717, 1.165) is 11.1 Å². The molecule has 21 heavy (non-hydrogen) atoms. The summed E-state index contributed by atoms with van der Waals surface area (Å²) in [6.07, 6.45) is 1.69. The molecule has 0 saturated carbocycles. The summed E-state index contributed by atoms with van der Waals surface area (Å²) in [5.41, 5.74) is 1.67. The third-order valence-electron chi connectivity index (χ3n) is 3.13. The topological polar surface area (TPSA) is 88.2 Å². The van der Waals surface area contributed by atoms with Crippen molar-refractivity contribution < 1.29 is 14.4 Å². The Morgan fingerprint density at radius 3 is 2.86 bits per heavy atom. The van der Waals surface area contributed by atoms with E-state index in [0.29, 0.717) is 36.7 Å². The van der Waals surface area contributed by atoms with Crippen LogP contribution in [0, 0.1) is 6.92 Å². The molecule has 6 nitrogen and oxygen atoms in total. The zero-order valence-electron chi connectivity index (χ0n) is 12.4. The first-order chi connectivity index (χ1) is 9.89. The molecule has 0 spiro atoms. The lowest BCUT2D eigenvalue weighted by atomic mass is 10.0. The summed E-state index contributed by atoms with van der Waals surface area (Å²) in [5.74, 6) is 0.951. The van der Waals surface area contributed by atoms with Crippen LogP contribution in [0.1, 0.15) is 31.7 Å². The van der Waals surface area contributed by atoms with Crippen LogP contribution in [0.15, 0.2) is 22.7 Å². The first kappa shape index (κ1) is 15.2. The highest BCUT2D eigenvalue weighted by atomic mass is 16.5. The van der Waals surface area contributed by atoms with E-state index in [1.165, 1.54) is 0 Å². The van der Waals surface area contributed by atoms with Crippen molar-refractivity contribution in [3.63, 3.8) is 0 Å². The zero-order valence-corrected chi connectivity index (χ0v) is 12.4. The van der Waals surface area contributed by atoms with E-state index < -0.39 is 5.60 Å². The van der Waals surface area contributed by atoms with Crippen molar-refractivity contribution in [2.24, 2.45) is 0 Å². The second-order valence-corrected chi connectivity index (χ2v) is 5.62. The van der Waals surface area contributed by atoms with Gasteiger partial charge in [0.15, 0.2) is 0 Å². The molecule has 0 saturated heterocycles. The molecule has 0 fully saturated rings. The molecule has 2 rings (SSSR count). The fourth-order valence-electron chi connectivity index (χ4n) is 1.87. The monoisotopic (exact) mass is 289 g/mol. The lowest BCUT2D eigenvalue weighted by Gasteiger charge is -2.14. The minimum atomic E-state index is -0.764. The van der Waals surface area contributed by atoms with E-state index in [1.807, 2.05) is 19.1 Å². The van der Waals surface area contributed by atoms with Crippen molar-refractivity contribution >= 4 is 12.1 Å². The number of nitrogens with zero attached hydrogens (tertiary/aromatic N) is 2. The predicted molar refractivity (Wildman–Crippen MR) is 78.8 cm³/mol. The third kappa shape index (κ3) is 4.13. The first-order valence-electron chi connectivity index (χ1n) is 6.75. The molecule has 0 aliphatic heterocycles. The van der Waals surface area contributed by atoms with Crippen molar-refractivity contribution in [2.45, 2.75) is 39.2 Å². The highest BCUT2D eigenvalue weighted by molar-refractivity contribution is 5.76. The number of anilines is 1. The molecule has 2 aromatic rings. The highest BCUT2D eigenvalue weighted by Gasteiger charge is 2.16. The maximum Gasteiger partial charge on any atom is 0.227 e. The lowest BCUT2D eigenvalue weighted by Crippen LogP contribution is -2.19. The Hall–Kier alpha value is -2.21. The predicted octanol–water partition coefficient (Wildman–Crippen LogP) is 2.32. The van der Waals surface area contributed by atoms with Crippen molar-refractivity contribution in [1.29, 1.82) is 0 Å². The molecule has 1 aromatic carbocycles.